The van der Waals surface area contributed by atoms with Crippen LogP contribution in [0.3, 0.4) is 0 Å². The lowest BCUT2D eigenvalue weighted by molar-refractivity contribution is -0.0508. The fourth-order valence-corrected chi connectivity index (χ4v) is 3.09. The molecule has 1 N–H and O–H groups in total. The second-order valence-corrected chi connectivity index (χ2v) is 6.44. The maximum atomic E-state index is 12.7. The Morgan fingerprint density at radius 1 is 1.08 bits per heavy atom. The monoisotopic (exact) mass is 365 g/mol. The lowest BCUT2D eigenvalue weighted by atomic mass is 10.1. The van der Waals surface area contributed by atoms with Crippen molar-refractivity contribution < 1.29 is 28.1 Å². The van der Waals surface area contributed by atoms with E-state index >= 15 is 0 Å². The summed E-state index contributed by atoms with van der Waals surface area (Å²) >= 11 is 0. The van der Waals surface area contributed by atoms with Gasteiger partial charge < -0.3 is 19.3 Å². The number of phenols is 1. The fourth-order valence-electron chi connectivity index (χ4n) is 3.09. The molecular weight excluding hydrogens is 344 g/mol. The SMILES string of the molecule is Cc1cc(CN(C)Cc2cc3c(cc2OC(F)F)OCO3)cc(C)c1O. The molecule has 3 rings (SSSR count). The molecule has 26 heavy (non-hydrogen) atoms. The second-order valence-electron chi connectivity index (χ2n) is 6.44. The number of halogens is 2. The van der Waals surface area contributed by atoms with Gasteiger partial charge in [0.2, 0.25) is 6.79 Å². The van der Waals surface area contributed by atoms with E-state index in [2.05, 4.69) is 4.74 Å². The van der Waals surface area contributed by atoms with Crippen LogP contribution < -0.4 is 14.2 Å². The molecule has 1 heterocycles. The normalized spacial score (nSPS) is 12.9. The number of ether oxygens (including phenoxy) is 3. The number of rotatable bonds is 6. The maximum absolute atomic E-state index is 12.7. The molecule has 140 valence electrons. The average molecular weight is 365 g/mol. The van der Waals surface area contributed by atoms with Crippen LogP contribution in [0.5, 0.6) is 23.0 Å². The number of alkyl halides is 2. The molecule has 0 unspecified atom stereocenters. The molecule has 0 aliphatic carbocycles. The largest absolute Gasteiger partial charge is 0.507 e. The fraction of sp³-hybridized carbons (Fsp3) is 0.368. The minimum Gasteiger partial charge on any atom is -0.507 e. The zero-order valence-electron chi connectivity index (χ0n) is 14.9. The molecule has 7 heteroatoms. The highest BCUT2D eigenvalue weighted by Gasteiger charge is 2.21. The van der Waals surface area contributed by atoms with Gasteiger partial charge in [0.1, 0.15) is 11.5 Å². The number of aryl methyl sites for hydroxylation is 2. The van der Waals surface area contributed by atoms with Crippen molar-refractivity contribution in [2.75, 3.05) is 13.8 Å². The van der Waals surface area contributed by atoms with Crippen LogP contribution in [0.4, 0.5) is 8.78 Å². The highest BCUT2D eigenvalue weighted by atomic mass is 19.3. The Hall–Kier alpha value is -2.54. The first-order chi connectivity index (χ1) is 12.3. The molecule has 0 saturated carbocycles. The van der Waals surface area contributed by atoms with Gasteiger partial charge in [0.25, 0.3) is 0 Å². The number of nitrogens with zero attached hydrogens (tertiary/aromatic N) is 1. The molecule has 0 saturated heterocycles. The number of fused-ring (bicyclic) bond motifs is 1. The summed E-state index contributed by atoms with van der Waals surface area (Å²) in [7, 11) is 1.88. The van der Waals surface area contributed by atoms with E-state index in [-0.39, 0.29) is 12.5 Å². The summed E-state index contributed by atoms with van der Waals surface area (Å²) in [5.74, 6) is 1.29. The number of phenolic OH excluding ortho intramolecular Hbond substituents is 1. The van der Waals surface area contributed by atoms with Crippen LogP contribution >= 0.6 is 0 Å². The Morgan fingerprint density at radius 2 is 1.69 bits per heavy atom. The molecule has 0 spiro atoms. The number of benzene rings is 2. The summed E-state index contributed by atoms with van der Waals surface area (Å²) in [6.45, 7) is 1.81. The van der Waals surface area contributed by atoms with Crippen molar-refractivity contribution >= 4 is 0 Å². The van der Waals surface area contributed by atoms with Crippen molar-refractivity contribution in [3.8, 4) is 23.0 Å². The molecular formula is C19H21F2NO4. The maximum Gasteiger partial charge on any atom is 0.387 e. The third kappa shape index (κ3) is 3.99. The third-order valence-electron chi connectivity index (χ3n) is 4.22. The van der Waals surface area contributed by atoms with E-state index in [1.54, 1.807) is 6.07 Å². The number of aromatic hydroxyl groups is 1. The first-order valence-electron chi connectivity index (χ1n) is 8.18. The van der Waals surface area contributed by atoms with Gasteiger partial charge in [-0.15, -0.1) is 0 Å². The Bertz CT molecular complexity index is 787. The summed E-state index contributed by atoms with van der Waals surface area (Å²) in [6, 6.07) is 6.93. The van der Waals surface area contributed by atoms with Gasteiger partial charge in [0, 0.05) is 24.7 Å². The van der Waals surface area contributed by atoms with Crippen molar-refractivity contribution in [1.82, 2.24) is 4.90 Å². The highest BCUT2D eigenvalue weighted by Crippen LogP contribution is 2.39. The first kappa shape index (κ1) is 18.3. The molecule has 2 aromatic rings. The lowest BCUT2D eigenvalue weighted by Gasteiger charge is -2.20. The number of hydrogen-bond donors (Lipinski definition) is 1. The van der Waals surface area contributed by atoms with Crippen LogP contribution in [0.2, 0.25) is 0 Å². The molecule has 0 amide bonds. The zero-order chi connectivity index (χ0) is 18.8. The van der Waals surface area contributed by atoms with Crippen LogP contribution in [0.1, 0.15) is 22.3 Å². The first-order valence-corrected chi connectivity index (χ1v) is 8.18. The Labute approximate surface area is 150 Å². The van der Waals surface area contributed by atoms with Gasteiger partial charge in [-0.2, -0.15) is 8.78 Å². The van der Waals surface area contributed by atoms with Crippen LogP contribution in [0, 0.1) is 13.8 Å². The molecule has 1 aliphatic rings. The highest BCUT2D eigenvalue weighted by molar-refractivity contribution is 5.52. The molecule has 2 aromatic carbocycles. The van der Waals surface area contributed by atoms with E-state index in [0.29, 0.717) is 35.9 Å². The van der Waals surface area contributed by atoms with E-state index in [4.69, 9.17) is 9.47 Å². The van der Waals surface area contributed by atoms with Gasteiger partial charge >= 0.3 is 6.61 Å². The summed E-state index contributed by atoms with van der Waals surface area (Å²) in [5.41, 5.74) is 3.22. The van der Waals surface area contributed by atoms with Crippen molar-refractivity contribution in [2.45, 2.75) is 33.5 Å². The van der Waals surface area contributed by atoms with E-state index in [9.17, 15) is 13.9 Å². The Kier molecular flexibility index (Phi) is 5.18. The van der Waals surface area contributed by atoms with Crippen molar-refractivity contribution in [2.24, 2.45) is 0 Å². The topological polar surface area (TPSA) is 51.2 Å². The Morgan fingerprint density at radius 3 is 2.31 bits per heavy atom. The van der Waals surface area contributed by atoms with Gasteiger partial charge in [-0.05, 0) is 43.7 Å². The van der Waals surface area contributed by atoms with E-state index in [1.807, 2.05) is 37.9 Å². The van der Waals surface area contributed by atoms with Gasteiger partial charge in [0.05, 0.1) is 0 Å². The van der Waals surface area contributed by atoms with Gasteiger partial charge in [-0.3, -0.25) is 4.90 Å². The van der Waals surface area contributed by atoms with Crippen molar-refractivity contribution in [3.05, 3.63) is 46.5 Å². The molecule has 0 radical (unpaired) electrons. The number of hydrogen-bond acceptors (Lipinski definition) is 5. The van der Waals surface area contributed by atoms with Crippen LogP contribution in [-0.4, -0.2) is 30.5 Å². The van der Waals surface area contributed by atoms with Crippen LogP contribution in [0.25, 0.3) is 0 Å². The summed E-state index contributed by atoms with van der Waals surface area (Å²) in [6.07, 6.45) is 0. The second kappa shape index (κ2) is 7.37. The summed E-state index contributed by atoms with van der Waals surface area (Å²) in [5, 5.41) is 9.88. The molecule has 0 bridgehead atoms. The van der Waals surface area contributed by atoms with Gasteiger partial charge in [-0.1, -0.05) is 12.1 Å². The van der Waals surface area contributed by atoms with E-state index in [1.165, 1.54) is 6.07 Å². The minimum absolute atomic E-state index is 0.0643. The molecule has 0 fully saturated rings. The zero-order valence-corrected chi connectivity index (χ0v) is 14.9. The van der Waals surface area contributed by atoms with Crippen molar-refractivity contribution in [1.29, 1.82) is 0 Å². The van der Waals surface area contributed by atoms with Gasteiger partial charge in [-0.25, -0.2) is 0 Å². The van der Waals surface area contributed by atoms with Gasteiger partial charge in [0.15, 0.2) is 11.5 Å². The summed E-state index contributed by atoms with van der Waals surface area (Å²) in [4.78, 5) is 1.97. The molecule has 0 atom stereocenters. The average Bonchev–Trinajstić information content (AvgIpc) is 2.99. The standard InChI is InChI=1S/C19H21F2NO4/c1-11-4-13(5-12(2)18(11)23)8-22(3)9-14-6-16-17(25-10-24-16)7-15(14)26-19(20)21/h4-7,19,23H,8-10H2,1-3H3. The quantitative estimate of drug-likeness (QED) is 0.839. The van der Waals surface area contributed by atoms with Crippen molar-refractivity contribution in [3.63, 3.8) is 0 Å². The van der Waals surface area contributed by atoms with Crippen LogP contribution in [-0.2, 0) is 13.1 Å². The van der Waals surface area contributed by atoms with Crippen LogP contribution in [0.15, 0.2) is 24.3 Å². The van der Waals surface area contributed by atoms with E-state index < -0.39 is 6.61 Å². The minimum atomic E-state index is -2.91. The predicted octanol–water partition coefficient (Wildman–Crippen LogP) is 3.97. The molecule has 0 aromatic heterocycles. The lowest BCUT2D eigenvalue weighted by Crippen LogP contribution is -2.18. The Balaban J connectivity index is 1.79. The predicted molar refractivity (Wildman–Crippen MR) is 91.9 cm³/mol. The van der Waals surface area contributed by atoms with E-state index in [0.717, 1.165) is 16.7 Å². The third-order valence-corrected chi connectivity index (χ3v) is 4.22. The summed E-state index contributed by atoms with van der Waals surface area (Å²) < 4.78 is 40.7. The smallest absolute Gasteiger partial charge is 0.387 e. The molecule has 1 aliphatic heterocycles. The molecule has 5 nitrogen and oxygen atoms in total.